The molecule has 1 saturated heterocycles. The van der Waals surface area contributed by atoms with Gasteiger partial charge in [-0.05, 0) is 43.7 Å². The Hall–Kier alpha value is -1.84. The van der Waals surface area contributed by atoms with Crippen molar-refractivity contribution in [1.29, 1.82) is 0 Å². The lowest BCUT2D eigenvalue weighted by atomic mass is 10.1. The smallest absolute Gasteiger partial charge is 0.191 e. The summed E-state index contributed by atoms with van der Waals surface area (Å²) >= 11 is 0. The number of hydrogen-bond acceptors (Lipinski definition) is 4. The summed E-state index contributed by atoms with van der Waals surface area (Å²) in [5, 5.41) is 6.86. The number of benzene rings is 2. The molecular weight excluding hydrogens is 513 g/mol. The van der Waals surface area contributed by atoms with Crippen molar-refractivity contribution < 1.29 is 4.74 Å². The normalized spacial score (nSPS) is 15.2. The molecule has 2 aromatic rings. The van der Waals surface area contributed by atoms with Crippen LogP contribution in [-0.2, 0) is 17.8 Å². The third-order valence-electron chi connectivity index (χ3n) is 5.88. The first-order valence-corrected chi connectivity index (χ1v) is 11.3. The van der Waals surface area contributed by atoms with Gasteiger partial charge in [0.05, 0.1) is 13.2 Å². The summed E-state index contributed by atoms with van der Waals surface area (Å²) < 4.78 is 5.43. The van der Waals surface area contributed by atoms with Gasteiger partial charge < -0.3 is 20.3 Å². The van der Waals surface area contributed by atoms with E-state index >= 15 is 0 Å². The molecule has 1 atom stereocenters. The zero-order chi connectivity index (χ0) is 21.9. The highest BCUT2D eigenvalue weighted by Crippen LogP contribution is 2.16. The molecule has 0 spiro atoms. The molecule has 0 amide bonds. The molecule has 3 rings (SSSR count). The van der Waals surface area contributed by atoms with Gasteiger partial charge in [-0.15, -0.1) is 24.0 Å². The fraction of sp³-hybridized carbons (Fsp3) is 0.480. The van der Waals surface area contributed by atoms with Crippen LogP contribution >= 0.6 is 24.0 Å². The molecule has 0 radical (unpaired) electrons. The molecule has 0 saturated carbocycles. The average molecular weight is 552 g/mol. The second-order valence-corrected chi connectivity index (χ2v) is 8.16. The van der Waals surface area contributed by atoms with Crippen LogP contribution in [0.5, 0.6) is 0 Å². The van der Waals surface area contributed by atoms with E-state index in [1.165, 1.54) is 16.8 Å². The van der Waals surface area contributed by atoms with Gasteiger partial charge in [0.25, 0.3) is 0 Å². The Labute approximate surface area is 210 Å². The summed E-state index contributed by atoms with van der Waals surface area (Å²) in [5.74, 6) is 0.843. The van der Waals surface area contributed by atoms with Crippen LogP contribution in [0.4, 0.5) is 5.69 Å². The Kier molecular flexibility index (Phi) is 11.8. The van der Waals surface area contributed by atoms with Gasteiger partial charge in [0, 0.05) is 51.5 Å². The summed E-state index contributed by atoms with van der Waals surface area (Å²) in [4.78, 5) is 9.13. The lowest BCUT2D eigenvalue weighted by molar-refractivity contribution is 0.122. The van der Waals surface area contributed by atoms with Gasteiger partial charge in [0.2, 0.25) is 0 Å². The Morgan fingerprint density at radius 3 is 2.38 bits per heavy atom. The average Bonchev–Trinajstić information content (AvgIpc) is 2.82. The quantitative estimate of drug-likeness (QED) is 0.283. The topological polar surface area (TPSA) is 52.1 Å². The maximum Gasteiger partial charge on any atom is 0.191 e. The maximum atomic E-state index is 5.43. The van der Waals surface area contributed by atoms with Gasteiger partial charge in [-0.25, -0.2) is 0 Å². The number of aliphatic imine (C=N–C) groups is 1. The first kappa shape index (κ1) is 26.4. The van der Waals surface area contributed by atoms with E-state index < -0.39 is 0 Å². The van der Waals surface area contributed by atoms with Crippen molar-refractivity contribution in [2.75, 3.05) is 51.8 Å². The van der Waals surface area contributed by atoms with Crippen molar-refractivity contribution in [1.82, 2.24) is 15.5 Å². The summed E-state index contributed by atoms with van der Waals surface area (Å²) in [5.41, 5.74) is 3.86. The Morgan fingerprint density at radius 2 is 1.72 bits per heavy atom. The van der Waals surface area contributed by atoms with Crippen LogP contribution in [0.2, 0.25) is 0 Å². The summed E-state index contributed by atoms with van der Waals surface area (Å²) in [6, 6.07) is 19.9. The van der Waals surface area contributed by atoms with Crippen LogP contribution in [0.3, 0.4) is 0 Å². The Morgan fingerprint density at radius 1 is 1.03 bits per heavy atom. The SMILES string of the molecule is CN=C(NCCC(C)N(C)Cc1ccccc1)NCc1ccc(N2CCOCC2)cc1.I. The molecular formula is C25H38IN5O. The lowest BCUT2D eigenvalue weighted by Gasteiger charge is -2.29. The molecule has 1 unspecified atom stereocenters. The van der Waals surface area contributed by atoms with E-state index in [2.05, 4.69) is 94.0 Å². The third-order valence-corrected chi connectivity index (χ3v) is 5.88. The van der Waals surface area contributed by atoms with Crippen LogP contribution in [0, 0.1) is 0 Å². The minimum absolute atomic E-state index is 0. The minimum Gasteiger partial charge on any atom is -0.378 e. The van der Waals surface area contributed by atoms with Crippen molar-refractivity contribution in [3.8, 4) is 0 Å². The molecule has 1 aliphatic rings. The Bertz CT molecular complexity index is 794. The van der Waals surface area contributed by atoms with E-state index in [0.717, 1.165) is 58.3 Å². The number of halogens is 1. The van der Waals surface area contributed by atoms with E-state index in [9.17, 15) is 0 Å². The summed E-state index contributed by atoms with van der Waals surface area (Å²) in [6.45, 7) is 8.44. The largest absolute Gasteiger partial charge is 0.378 e. The van der Waals surface area contributed by atoms with Gasteiger partial charge in [0.15, 0.2) is 5.96 Å². The molecule has 32 heavy (non-hydrogen) atoms. The van der Waals surface area contributed by atoms with Gasteiger partial charge in [-0.1, -0.05) is 42.5 Å². The number of hydrogen-bond donors (Lipinski definition) is 2. The minimum atomic E-state index is 0. The molecule has 2 aromatic carbocycles. The van der Waals surface area contributed by atoms with Gasteiger partial charge in [-0.3, -0.25) is 9.89 Å². The highest BCUT2D eigenvalue weighted by atomic mass is 127. The summed E-state index contributed by atoms with van der Waals surface area (Å²) in [7, 11) is 4.01. The predicted octanol–water partition coefficient (Wildman–Crippen LogP) is 3.72. The van der Waals surface area contributed by atoms with Crippen LogP contribution in [0.25, 0.3) is 0 Å². The highest BCUT2D eigenvalue weighted by molar-refractivity contribution is 14.0. The molecule has 0 aliphatic carbocycles. The first-order valence-electron chi connectivity index (χ1n) is 11.3. The van der Waals surface area contributed by atoms with Crippen LogP contribution in [0.1, 0.15) is 24.5 Å². The number of nitrogens with one attached hydrogen (secondary N) is 2. The predicted molar refractivity (Wildman–Crippen MR) is 145 cm³/mol. The third kappa shape index (κ3) is 8.60. The van der Waals surface area contributed by atoms with Crippen molar-refractivity contribution >= 4 is 35.6 Å². The van der Waals surface area contributed by atoms with Crippen molar-refractivity contribution in [3.63, 3.8) is 0 Å². The molecule has 7 heteroatoms. The fourth-order valence-corrected chi connectivity index (χ4v) is 3.70. The fourth-order valence-electron chi connectivity index (χ4n) is 3.70. The standard InChI is InChI=1S/C25H37N5O.HI/c1-21(29(3)20-23-7-5-4-6-8-23)13-14-27-25(26-2)28-19-22-9-11-24(12-10-22)30-15-17-31-18-16-30;/h4-12,21H,13-20H2,1-3H3,(H2,26,27,28);1H. The number of nitrogens with zero attached hydrogens (tertiary/aromatic N) is 3. The monoisotopic (exact) mass is 551 g/mol. The van der Waals surface area contributed by atoms with Crippen LogP contribution in [0.15, 0.2) is 59.6 Å². The van der Waals surface area contributed by atoms with Gasteiger partial charge in [0.1, 0.15) is 0 Å². The number of rotatable bonds is 9. The van der Waals surface area contributed by atoms with E-state index in [1.807, 2.05) is 7.05 Å². The van der Waals surface area contributed by atoms with Crippen molar-refractivity contribution in [3.05, 3.63) is 65.7 Å². The number of guanidine groups is 1. The maximum absolute atomic E-state index is 5.43. The van der Waals surface area contributed by atoms with E-state index in [1.54, 1.807) is 0 Å². The second-order valence-electron chi connectivity index (χ2n) is 8.16. The van der Waals surface area contributed by atoms with Gasteiger partial charge in [-0.2, -0.15) is 0 Å². The molecule has 6 nitrogen and oxygen atoms in total. The number of ether oxygens (including phenoxy) is 1. The van der Waals surface area contributed by atoms with Crippen LogP contribution in [-0.4, -0.2) is 63.8 Å². The molecule has 0 aromatic heterocycles. The lowest BCUT2D eigenvalue weighted by Crippen LogP contribution is -2.39. The molecule has 1 heterocycles. The number of anilines is 1. The van der Waals surface area contributed by atoms with E-state index in [-0.39, 0.29) is 24.0 Å². The van der Waals surface area contributed by atoms with E-state index in [0.29, 0.717) is 6.04 Å². The molecule has 176 valence electrons. The zero-order valence-corrected chi connectivity index (χ0v) is 21.9. The zero-order valence-electron chi connectivity index (χ0n) is 19.6. The molecule has 0 bridgehead atoms. The molecule has 1 fully saturated rings. The second kappa shape index (κ2) is 14.3. The molecule has 2 N–H and O–H groups in total. The van der Waals surface area contributed by atoms with Crippen molar-refractivity contribution in [2.45, 2.75) is 32.5 Å². The first-order chi connectivity index (χ1) is 15.2. The van der Waals surface area contributed by atoms with Crippen LogP contribution < -0.4 is 15.5 Å². The molecule has 1 aliphatic heterocycles. The van der Waals surface area contributed by atoms with Crippen molar-refractivity contribution in [2.24, 2.45) is 4.99 Å². The highest BCUT2D eigenvalue weighted by Gasteiger charge is 2.11. The van der Waals surface area contributed by atoms with Gasteiger partial charge >= 0.3 is 0 Å². The number of morpholine rings is 1. The Balaban J connectivity index is 0.00000363. The van der Waals surface area contributed by atoms with E-state index in [4.69, 9.17) is 4.74 Å². The summed E-state index contributed by atoms with van der Waals surface area (Å²) in [6.07, 6.45) is 1.05.